The van der Waals surface area contributed by atoms with Crippen LogP contribution in [0.1, 0.15) is 40.0 Å². The number of rotatable bonds is 5. The van der Waals surface area contributed by atoms with Gasteiger partial charge in [-0.2, -0.15) is 0 Å². The van der Waals surface area contributed by atoms with Gasteiger partial charge < -0.3 is 16.0 Å². The second-order valence-electron chi connectivity index (χ2n) is 4.60. The molecule has 0 saturated heterocycles. The zero-order valence-electron chi connectivity index (χ0n) is 10.5. The van der Waals surface area contributed by atoms with Crippen LogP contribution in [0.25, 0.3) is 0 Å². The molecule has 0 aromatic rings. The van der Waals surface area contributed by atoms with Crippen molar-refractivity contribution in [3.63, 3.8) is 0 Å². The van der Waals surface area contributed by atoms with Crippen LogP contribution in [0.4, 0.5) is 0 Å². The maximum atomic E-state index is 6.13. The van der Waals surface area contributed by atoms with Gasteiger partial charge in [0.15, 0.2) is 0 Å². The van der Waals surface area contributed by atoms with E-state index in [9.17, 15) is 0 Å². The summed E-state index contributed by atoms with van der Waals surface area (Å²) in [5.41, 5.74) is 6.13. The fourth-order valence-corrected chi connectivity index (χ4v) is 2.83. The van der Waals surface area contributed by atoms with Crippen LogP contribution in [0, 0.1) is 0 Å². The van der Waals surface area contributed by atoms with Crippen molar-refractivity contribution >= 4 is 0 Å². The van der Waals surface area contributed by atoms with Crippen LogP contribution in [0.15, 0.2) is 0 Å². The van der Waals surface area contributed by atoms with Gasteiger partial charge in [-0.15, -0.1) is 0 Å². The molecule has 3 unspecified atom stereocenters. The molecule has 0 bridgehead atoms. The third-order valence-corrected chi connectivity index (χ3v) is 3.54. The highest BCUT2D eigenvalue weighted by Crippen LogP contribution is 2.22. The molecule has 1 fully saturated rings. The van der Waals surface area contributed by atoms with Crippen LogP contribution in [0.2, 0.25) is 0 Å². The minimum Gasteiger partial charge on any atom is -0.328 e. The van der Waals surface area contributed by atoms with Crippen LogP contribution in [0.3, 0.4) is 0 Å². The first-order valence-electron chi connectivity index (χ1n) is 6.44. The molecule has 1 aliphatic rings. The third kappa shape index (κ3) is 3.74. The van der Waals surface area contributed by atoms with Crippen molar-refractivity contribution < 1.29 is 0 Å². The molecule has 0 radical (unpaired) electrons. The minimum absolute atomic E-state index is 0.383. The molecule has 1 aliphatic carbocycles. The summed E-state index contributed by atoms with van der Waals surface area (Å²) < 4.78 is 0. The van der Waals surface area contributed by atoms with Crippen molar-refractivity contribution in [2.45, 2.75) is 58.2 Å². The van der Waals surface area contributed by atoms with E-state index in [0.29, 0.717) is 18.1 Å². The normalized spacial score (nSPS) is 32.2. The number of nitrogens with one attached hydrogen (secondary N) is 1. The van der Waals surface area contributed by atoms with Crippen molar-refractivity contribution in [3.05, 3.63) is 0 Å². The second kappa shape index (κ2) is 6.46. The Bertz CT molecular complexity index is 168. The Morgan fingerprint density at radius 3 is 2.33 bits per heavy atom. The minimum atomic E-state index is 0.383. The number of nitrogens with zero attached hydrogens (tertiary/aromatic N) is 1. The summed E-state index contributed by atoms with van der Waals surface area (Å²) in [5.74, 6) is 0. The van der Waals surface area contributed by atoms with Crippen LogP contribution < -0.4 is 11.1 Å². The molecule has 1 rings (SSSR count). The van der Waals surface area contributed by atoms with E-state index in [1.807, 2.05) is 0 Å². The van der Waals surface area contributed by atoms with Crippen molar-refractivity contribution in [1.29, 1.82) is 0 Å². The topological polar surface area (TPSA) is 41.3 Å². The molecule has 1 saturated carbocycles. The maximum absolute atomic E-state index is 6.13. The average Bonchev–Trinajstić information content (AvgIpc) is 2.19. The average molecular weight is 213 g/mol. The molecule has 0 aromatic carbocycles. The Hall–Kier alpha value is -0.120. The summed E-state index contributed by atoms with van der Waals surface area (Å²) in [6.07, 6.45) is 3.58. The summed E-state index contributed by atoms with van der Waals surface area (Å²) >= 11 is 0. The number of hydrogen-bond acceptors (Lipinski definition) is 3. The van der Waals surface area contributed by atoms with Gasteiger partial charge in [-0.3, -0.25) is 0 Å². The van der Waals surface area contributed by atoms with Crippen LogP contribution in [-0.2, 0) is 0 Å². The summed E-state index contributed by atoms with van der Waals surface area (Å²) in [4.78, 5) is 2.54. The van der Waals surface area contributed by atoms with Gasteiger partial charge in [-0.05, 0) is 38.9 Å². The quantitative estimate of drug-likeness (QED) is 0.721. The molecular weight excluding hydrogens is 186 g/mol. The SMILES string of the molecule is CCNC1CC(N)CC(N(CC)CC)C1. The lowest BCUT2D eigenvalue weighted by Crippen LogP contribution is -2.50. The van der Waals surface area contributed by atoms with Gasteiger partial charge in [0, 0.05) is 18.1 Å². The van der Waals surface area contributed by atoms with E-state index in [-0.39, 0.29) is 0 Å². The summed E-state index contributed by atoms with van der Waals surface area (Å²) in [5, 5.41) is 3.54. The summed E-state index contributed by atoms with van der Waals surface area (Å²) in [6.45, 7) is 10.0. The van der Waals surface area contributed by atoms with Crippen LogP contribution >= 0.6 is 0 Å². The van der Waals surface area contributed by atoms with Gasteiger partial charge in [-0.1, -0.05) is 20.8 Å². The Labute approximate surface area is 94.4 Å². The Kier molecular flexibility index (Phi) is 5.58. The molecule has 0 aromatic heterocycles. The lowest BCUT2D eigenvalue weighted by molar-refractivity contribution is 0.142. The van der Waals surface area contributed by atoms with Crippen LogP contribution in [-0.4, -0.2) is 42.7 Å². The van der Waals surface area contributed by atoms with E-state index in [1.165, 1.54) is 12.8 Å². The van der Waals surface area contributed by atoms with Gasteiger partial charge in [0.2, 0.25) is 0 Å². The first kappa shape index (κ1) is 12.9. The summed E-state index contributed by atoms with van der Waals surface area (Å²) in [7, 11) is 0. The van der Waals surface area contributed by atoms with Crippen molar-refractivity contribution in [3.8, 4) is 0 Å². The fourth-order valence-electron chi connectivity index (χ4n) is 2.83. The van der Waals surface area contributed by atoms with E-state index >= 15 is 0 Å². The first-order chi connectivity index (χ1) is 7.21. The molecule has 3 atom stereocenters. The highest BCUT2D eigenvalue weighted by molar-refractivity contribution is 4.89. The molecule has 3 nitrogen and oxygen atoms in total. The number of nitrogens with two attached hydrogens (primary N) is 1. The van der Waals surface area contributed by atoms with E-state index in [0.717, 1.165) is 26.1 Å². The molecule has 3 N–H and O–H groups in total. The van der Waals surface area contributed by atoms with Crippen LogP contribution in [0.5, 0.6) is 0 Å². The zero-order chi connectivity index (χ0) is 11.3. The standard InChI is InChI=1S/C12H27N3/c1-4-14-11-7-10(13)8-12(9-11)15(5-2)6-3/h10-12,14H,4-9,13H2,1-3H3. The molecule has 90 valence electrons. The van der Waals surface area contributed by atoms with E-state index in [2.05, 4.69) is 31.0 Å². The largest absolute Gasteiger partial charge is 0.328 e. The van der Waals surface area contributed by atoms with Crippen molar-refractivity contribution in [2.75, 3.05) is 19.6 Å². The predicted octanol–water partition coefficient (Wildman–Crippen LogP) is 1.19. The van der Waals surface area contributed by atoms with Gasteiger partial charge in [0.05, 0.1) is 0 Å². The Morgan fingerprint density at radius 1 is 1.13 bits per heavy atom. The molecule has 0 amide bonds. The highest BCUT2D eigenvalue weighted by Gasteiger charge is 2.28. The predicted molar refractivity (Wildman–Crippen MR) is 66.0 cm³/mol. The van der Waals surface area contributed by atoms with Crippen molar-refractivity contribution in [2.24, 2.45) is 5.73 Å². The smallest absolute Gasteiger partial charge is 0.0125 e. The van der Waals surface area contributed by atoms with Gasteiger partial charge >= 0.3 is 0 Å². The molecular formula is C12H27N3. The first-order valence-corrected chi connectivity index (χ1v) is 6.44. The lowest BCUT2D eigenvalue weighted by atomic mass is 9.86. The second-order valence-corrected chi connectivity index (χ2v) is 4.60. The maximum Gasteiger partial charge on any atom is 0.0125 e. The van der Waals surface area contributed by atoms with E-state index in [1.54, 1.807) is 0 Å². The molecule has 15 heavy (non-hydrogen) atoms. The molecule has 0 spiro atoms. The Morgan fingerprint density at radius 2 is 1.80 bits per heavy atom. The molecule has 3 heteroatoms. The zero-order valence-corrected chi connectivity index (χ0v) is 10.5. The molecule has 0 heterocycles. The van der Waals surface area contributed by atoms with Crippen molar-refractivity contribution in [1.82, 2.24) is 10.2 Å². The monoisotopic (exact) mass is 213 g/mol. The van der Waals surface area contributed by atoms with Gasteiger partial charge in [-0.25, -0.2) is 0 Å². The molecule has 0 aliphatic heterocycles. The van der Waals surface area contributed by atoms with Gasteiger partial charge in [0.25, 0.3) is 0 Å². The summed E-state index contributed by atoms with van der Waals surface area (Å²) in [6, 6.07) is 1.70. The third-order valence-electron chi connectivity index (χ3n) is 3.54. The number of hydrogen-bond donors (Lipinski definition) is 2. The van der Waals surface area contributed by atoms with Gasteiger partial charge in [0.1, 0.15) is 0 Å². The lowest BCUT2D eigenvalue weighted by Gasteiger charge is -2.39. The Balaban J connectivity index is 2.50. The fraction of sp³-hybridized carbons (Fsp3) is 1.00. The highest BCUT2D eigenvalue weighted by atomic mass is 15.2. The van der Waals surface area contributed by atoms with E-state index in [4.69, 9.17) is 5.73 Å². The van der Waals surface area contributed by atoms with E-state index < -0.39 is 0 Å².